The zero-order valence-corrected chi connectivity index (χ0v) is 11.4. The average Bonchev–Trinajstić information content (AvgIpc) is 2.80. The highest BCUT2D eigenvalue weighted by Gasteiger charge is 2.34. The molecule has 0 bridgehead atoms. The van der Waals surface area contributed by atoms with Gasteiger partial charge in [0, 0.05) is 21.7 Å². The van der Waals surface area contributed by atoms with E-state index in [1.165, 1.54) is 0 Å². The summed E-state index contributed by atoms with van der Waals surface area (Å²) in [6.45, 7) is 2.53. The van der Waals surface area contributed by atoms with Gasteiger partial charge < -0.3 is 9.84 Å². The Balaban J connectivity index is 2.15. The van der Waals surface area contributed by atoms with Crippen LogP contribution in [0.25, 0.3) is 10.1 Å². The number of esters is 1. The van der Waals surface area contributed by atoms with Gasteiger partial charge in [-0.1, -0.05) is 18.2 Å². The van der Waals surface area contributed by atoms with E-state index in [1.807, 2.05) is 24.3 Å². The van der Waals surface area contributed by atoms with Gasteiger partial charge in [-0.05, 0) is 18.4 Å². The van der Waals surface area contributed by atoms with Gasteiger partial charge in [0.15, 0.2) is 0 Å². The number of ether oxygens (including phenoxy) is 1. The molecule has 0 saturated heterocycles. The van der Waals surface area contributed by atoms with Crippen molar-refractivity contribution < 1.29 is 14.6 Å². The normalized spacial score (nSPS) is 22.2. The number of rotatable bonds is 2. The molecule has 5 heteroatoms. The van der Waals surface area contributed by atoms with Gasteiger partial charge in [0.1, 0.15) is 12.1 Å². The number of benzene rings is 1. The fourth-order valence-electron chi connectivity index (χ4n) is 2.48. The van der Waals surface area contributed by atoms with Crippen LogP contribution >= 0.6 is 11.3 Å². The minimum Gasteiger partial charge on any atom is -0.465 e. The lowest BCUT2D eigenvalue weighted by Crippen LogP contribution is -2.37. The van der Waals surface area contributed by atoms with Gasteiger partial charge >= 0.3 is 5.97 Å². The molecule has 0 aliphatic carbocycles. The summed E-state index contributed by atoms with van der Waals surface area (Å²) in [5, 5.41) is 14.2. The van der Waals surface area contributed by atoms with E-state index in [4.69, 9.17) is 4.74 Å². The number of aliphatic hydroxyl groups excluding tert-OH is 1. The predicted octanol–water partition coefficient (Wildman–Crippen LogP) is 2.14. The molecule has 2 N–H and O–H groups in total. The third-order valence-corrected chi connectivity index (χ3v) is 4.58. The largest absolute Gasteiger partial charge is 0.465 e. The number of β-amino-alcohol motifs (C(OH)–C–C–N with tert-alkyl or cyclic N) is 1. The topological polar surface area (TPSA) is 58.6 Å². The van der Waals surface area contributed by atoms with Crippen LogP contribution in [0.1, 0.15) is 29.5 Å². The third-order valence-electron chi connectivity index (χ3n) is 3.29. The summed E-state index contributed by atoms with van der Waals surface area (Å²) in [5.41, 5.74) is 0.873. The van der Waals surface area contributed by atoms with Gasteiger partial charge in [-0.2, -0.15) is 0 Å². The van der Waals surface area contributed by atoms with Crippen molar-refractivity contribution in [3.63, 3.8) is 0 Å². The van der Waals surface area contributed by atoms with Crippen molar-refractivity contribution in [3.05, 3.63) is 34.7 Å². The summed E-state index contributed by atoms with van der Waals surface area (Å²) in [7, 11) is 0. The van der Waals surface area contributed by atoms with Gasteiger partial charge in [-0.15, -0.1) is 11.3 Å². The Hall–Kier alpha value is -1.43. The lowest BCUT2D eigenvalue weighted by atomic mass is 9.97. The van der Waals surface area contributed by atoms with E-state index in [9.17, 15) is 9.90 Å². The second-order valence-corrected chi connectivity index (χ2v) is 5.57. The van der Waals surface area contributed by atoms with Gasteiger partial charge in [0.05, 0.1) is 6.61 Å². The van der Waals surface area contributed by atoms with Crippen molar-refractivity contribution in [2.45, 2.75) is 19.1 Å². The van der Waals surface area contributed by atoms with Gasteiger partial charge in [-0.25, -0.2) is 4.79 Å². The highest BCUT2D eigenvalue weighted by atomic mass is 32.1. The molecule has 1 aliphatic heterocycles. The first kappa shape index (κ1) is 12.6. The van der Waals surface area contributed by atoms with Crippen molar-refractivity contribution in [2.75, 3.05) is 13.2 Å². The number of carbonyl (C=O) groups excluding carboxylic acids is 1. The van der Waals surface area contributed by atoms with Crippen molar-refractivity contribution in [2.24, 2.45) is 0 Å². The summed E-state index contributed by atoms with van der Waals surface area (Å²) >= 11 is 1.55. The predicted molar refractivity (Wildman–Crippen MR) is 74.2 cm³/mol. The Kier molecular flexibility index (Phi) is 3.26. The van der Waals surface area contributed by atoms with Crippen LogP contribution < -0.4 is 5.32 Å². The molecule has 0 fully saturated rings. The molecule has 1 aromatic heterocycles. The van der Waals surface area contributed by atoms with Gasteiger partial charge in [0.2, 0.25) is 0 Å². The fourth-order valence-corrected chi connectivity index (χ4v) is 3.71. The number of hydrogen-bond donors (Lipinski definition) is 2. The lowest BCUT2D eigenvalue weighted by molar-refractivity contribution is -0.146. The summed E-state index contributed by atoms with van der Waals surface area (Å²) < 4.78 is 6.20. The minimum absolute atomic E-state index is 0.279. The van der Waals surface area contributed by atoms with E-state index in [0.717, 1.165) is 20.5 Å². The fraction of sp³-hybridized carbons (Fsp3) is 0.357. The van der Waals surface area contributed by atoms with E-state index >= 15 is 0 Å². The van der Waals surface area contributed by atoms with E-state index < -0.39 is 12.1 Å². The zero-order valence-electron chi connectivity index (χ0n) is 10.6. The first-order valence-corrected chi connectivity index (χ1v) is 7.13. The van der Waals surface area contributed by atoms with Crippen LogP contribution in [-0.2, 0) is 9.53 Å². The Morgan fingerprint density at radius 3 is 3.11 bits per heavy atom. The number of nitrogens with one attached hydrogen (secondary N) is 1. The Morgan fingerprint density at radius 1 is 1.53 bits per heavy atom. The van der Waals surface area contributed by atoms with Crippen LogP contribution in [0.5, 0.6) is 0 Å². The Labute approximate surface area is 115 Å². The van der Waals surface area contributed by atoms with Crippen LogP contribution in [0.2, 0.25) is 0 Å². The molecule has 2 aromatic rings. The van der Waals surface area contributed by atoms with Crippen LogP contribution in [0, 0.1) is 0 Å². The molecule has 1 aliphatic rings. The summed E-state index contributed by atoms with van der Waals surface area (Å²) in [5.74, 6) is -0.279. The second-order valence-electron chi connectivity index (χ2n) is 4.49. The smallest absolute Gasteiger partial charge is 0.327 e. The van der Waals surface area contributed by atoms with Crippen LogP contribution in [0.3, 0.4) is 0 Å². The minimum atomic E-state index is -0.557. The molecular formula is C14H15NO3S. The number of aliphatic hydroxyl groups is 1. The molecule has 100 valence electrons. The van der Waals surface area contributed by atoms with E-state index in [1.54, 1.807) is 18.3 Å². The molecule has 2 atom stereocenters. The molecule has 2 unspecified atom stereocenters. The molecule has 4 nitrogen and oxygen atoms in total. The molecule has 0 spiro atoms. The molecular weight excluding hydrogens is 262 g/mol. The molecule has 3 rings (SSSR count). The zero-order chi connectivity index (χ0) is 13.4. The molecule has 0 saturated carbocycles. The number of carbonyl (C=O) groups is 1. The van der Waals surface area contributed by atoms with Crippen molar-refractivity contribution in [1.29, 1.82) is 0 Å². The number of fused-ring (bicyclic) bond motifs is 3. The first-order chi connectivity index (χ1) is 9.22. The quantitative estimate of drug-likeness (QED) is 0.826. The average molecular weight is 277 g/mol. The Bertz CT molecular complexity index is 622. The lowest BCUT2D eigenvalue weighted by Gasteiger charge is -2.26. The highest BCUT2D eigenvalue weighted by molar-refractivity contribution is 7.19. The van der Waals surface area contributed by atoms with E-state index in [-0.39, 0.29) is 5.97 Å². The highest BCUT2D eigenvalue weighted by Crippen LogP contribution is 2.41. The summed E-state index contributed by atoms with van der Waals surface area (Å²) in [4.78, 5) is 12.9. The van der Waals surface area contributed by atoms with Gasteiger partial charge in [-0.3, -0.25) is 5.32 Å². The van der Waals surface area contributed by atoms with Crippen LogP contribution in [0.4, 0.5) is 0 Å². The third kappa shape index (κ3) is 2.04. The molecule has 2 heterocycles. The second kappa shape index (κ2) is 4.92. The van der Waals surface area contributed by atoms with Crippen molar-refractivity contribution in [3.8, 4) is 0 Å². The maximum absolute atomic E-state index is 12.0. The number of thiophene rings is 1. The Morgan fingerprint density at radius 2 is 2.32 bits per heavy atom. The van der Waals surface area contributed by atoms with Crippen LogP contribution in [0.15, 0.2) is 24.3 Å². The SMILES string of the molecule is CCOC(=O)C1NCC(O)c2sc3ccccc3c21. The monoisotopic (exact) mass is 277 g/mol. The summed E-state index contributed by atoms with van der Waals surface area (Å²) in [6, 6.07) is 7.42. The van der Waals surface area contributed by atoms with E-state index in [2.05, 4.69) is 5.32 Å². The van der Waals surface area contributed by atoms with Crippen molar-refractivity contribution >= 4 is 27.4 Å². The van der Waals surface area contributed by atoms with E-state index in [0.29, 0.717) is 13.2 Å². The molecule has 1 aromatic carbocycles. The maximum Gasteiger partial charge on any atom is 0.327 e. The summed E-state index contributed by atoms with van der Waals surface area (Å²) in [6.07, 6.45) is -0.557. The molecule has 19 heavy (non-hydrogen) atoms. The van der Waals surface area contributed by atoms with Crippen LogP contribution in [-0.4, -0.2) is 24.2 Å². The standard InChI is InChI=1S/C14H15NO3S/c1-2-18-14(17)12-11-8-5-3-4-6-10(8)19-13(11)9(16)7-15-12/h3-6,9,12,15-16H,2,7H2,1H3. The van der Waals surface area contributed by atoms with Crippen molar-refractivity contribution in [1.82, 2.24) is 5.32 Å². The van der Waals surface area contributed by atoms with Gasteiger partial charge in [0.25, 0.3) is 0 Å². The maximum atomic E-state index is 12.0. The first-order valence-electron chi connectivity index (χ1n) is 6.31. The molecule has 0 radical (unpaired) electrons. The number of hydrogen-bond acceptors (Lipinski definition) is 5. The molecule has 0 amide bonds.